The third kappa shape index (κ3) is 4.29. The monoisotopic (exact) mass is 465 g/mol. The minimum atomic E-state index is -3.59. The van der Waals surface area contributed by atoms with Crippen LogP contribution in [0.25, 0.3) is 22.0 Å². The molecule has 0 atom stereocenters. The number of benzene rings is 3. The summed E-state index contributed by atoms with van der Waals surface area (Å²) in [7, 11) is -2.06. The Hall–Kier alpha value is -3.07. The summed E-state index contributed by atoms with van der Waals surface area (Å²) in [6.45, 7) is 3.61. The molecular formula is C24H23N3O3S2. The first-order valence-electron chi connectivity index (χ1n) is 10.1. The fourth-order valence-corrected chi connectivity index (χ4v) is 5.37. The van der Waals surface area contributed by atoms with Crippen molar-refractivity contribution in [3.8, 4) is 11.3 Å². The molecule has 0 radical (unpaired) electrons. The van der Waals surface area contributed by atoms with E-state index in [1.807, 2.05) is 29.6 Å². The second-order valence-corrected chi connectivity index (χ2v) is 10.5. The molecule has 6 nitrogen and oxygen atoms in total. The van der Waals surface area contributed by atoms with Crippen molar-refractivity contribution >= 4 is 43.2 Å². The predicted octanol–water partition coefficient (Wildman–Crippen LogP) is 5.24. The molecule has 0 saturated carbocycles. The van der Waals surface area contributed by atoms with Crippen molar-refractivity contribution < 1.29 is 13.2 Å². The van der Waals surface area contributed by atoms with Gasteiger partial charge in [0.1, 0.15) is 0 Å². The number of rotatable bonds is 6. The summed E-state index contributed by atoms with van der Waals surface area (Å²) in [4.78, 5) is 17.4. The average Bonchev–Trinajstić information content (AvgIpc) is 3.26. The zero-order chi connectivity index (χ0) is 22.9. The van der Waals surface area contributed by atoms with Gasteiger partial charge in [0.15, 0.2) is 5.13 Å². The van der Waals surface area contributed by atoms with Gasteiger partial charge in [0.05, 0.1) is 10.6 Å². The number of aromatic nitrogens is 1. The van der Waals surface area contributed by atoms with E-state index in [1.165, 1.54) is 47.0 Å². The molecule has 32 heavy (non-hydrogen) atoms. The Morgan fingerprint density at radius 3 is 2.41 bits per heavy atom. The van der Waals surface area contributed by atoms with Gasteiger partial charge in [-0.3, -0.25) is 10.1 Å². The van der Waals surface area contributed by atoms with Gasteiger partial charge in [-0.25, -0.2) is 13.4 Å². The van der Waals surface area contributed by atoms with Crippen LogP contribution in [0.5, 0.6) is 0 Å². The van der Waals surface area contributed by atoms with E-state index in [4.69, 9.17) is 0 Å². The smallest absolute Gasteiger partial charge is 0.257 e. The zero-order valence-electron chi connectivity index (χ0n) is 17.9. The van der Waals surface area contributed by atoms with E-state index in [-0.39, 0.29) is 16.8 Å². The highest BCUT2D eigenvalue weighted by Crippen LogP contribution is 2.31. The lowest BCUT2D eigenvalue weighted by Gasteiger charge is -2.20. The number of nitrogens with one attached hydrogen (secondary N) is 1. The van der Waals surface area contributed by atoms with Gasteiger partial charge in [-0.05, 0) is 48.9 Å². The van der Waals surface area contributed by atoms with E-state index >= 15 is 0 Å². The molecule has 3 aromatic carbocycles. The molecule has 4 rings (SSSR count). The quantitative estimate of drug-likeness (QED) is 0.422. The van der Waals surface area contributed by atoms with Crippen molar-refractivity contribution in [2.24, 2.45) is 0 Å². The lowest BCUT2D eigenvalue weighted by Crippen LogP contribution is -2.33. The molecule has 1 aromatic heterocycles. The van der Waals surface area contributed by atoms with Crippen LogP contribution < -0.4 is 5.32 Å². The summed E-state index contributed by atoms with van der Waals surface area (Å²) in [5.41, 5.74) is 2.15. The van der Waals surface area contributed by atoms with Crippen LogP contribution in [-0.4, -0.2) is 36.7 Å². The fraction of sp³-hybridized carbons (Fsp3) is 0.167. The minimum absolute atomic E-state index is 0.151. The van der Waals surface area contributed by atoms with Crippen LogP contribution in [0.15, 0.2) is 77.0 Å². The largest absolute Gasteiger partial charge is 0.298 e. The van der Waals surface area contributed by atoms with Crippen LogP contribution in [0.3, 0.4) is 0 Å². The minimum Gasteiger partial charge on any atom is -0.298 e. The Balaban J connectivity index is 1.52. The number of carbonyl (C=O) groups excluding carboxylic acids is 1. The summed E-state index contributed by atoms with van der Waals surface area (Å²) in [5.74, 6) is -0.343. The van der Waals surface area contributed by atoms with Crippen molar-refractivity contribution in [1.29, 1.82) is 0 Å². The Morgan fingerprint density at radius 2 is 1.69 bits per heavy atom. The van der Waals surface area contributed by atoms with E-state index in [1.54, 1.807) is 13.8 Å². The maximum absolute atomic E-state index is 12.7. The number of hydrogen-bond acceptors (Lipinski definition) is 5. The summed E-state index contributed by atoms with van der Waals surface area (Å²) in [6.07, 6.45) is 0. The summed E-state index contributed by atoms with van der Waals surface area (Å²) in [6, 6.07) is 19.9. The molecule has 0 unspecified atom stereocenters. The number of anilines is 1. The zero-order valence-corrected chi connectivity index (χ0v) is 19.6. The first-order valence-corrected chi connectivity index (χ1v) is 12.4. The second-order valence-electron chi connectivity index (χ2n) is 7.66. The average molecular weight is 466 g/mol. The van der Waals surface area contributed by atoms with Crippen molar-refractivity contribution in [1.82, 2.24) is 9.29 Å². The molecule has 4 aromatic rings. The normalized spacial score (nSPS) is 11.9. The first-order chi connectivity index (χ1) is 15.3. The third-order valence-corrected chi connectivity index (χ3v) is 8.12. The van der Waals surface area contributed by atoms with E-state index in [2.05, 4.69) is 28.5 Å². The Kier molecular flexibility index (Phi) is 6.10. The van der Waals surface area contributed by atoms with Crippen LogP contribution in [0.1, 0.15) is 24.2 Å². The van der Waals surface area contributed by atoms with Crippen LogP contribution in [0.4, 0.5) is 5.13 Å². The standard InChI is InChI=1S/C24H23N3O3S2/c1-16(2)27(3)32(29,30)19-13-11-18(12-14-19)23(28)26-24-25-22(15-31-24)21-10-6-8-17-7-4-5-9-20(17)21/h4-16H,1-3H3,(H,25,26,28). The van der Waals surface area contributed by atoms with Gasteiger partial charge in [-0.2, -0.15) is 4.31 Å². The maximum atomic E-state index is 12.7. The van der Waals surface area contributed by atoms with E-state index in [0.717, 1.165) is 22.0 Å². The molecule has 1 heterocycles. The van der Waals surface area contributed by atoms with Crippen LogP contribution >= 0.6 is 11.3 Å². The Bertz CT molecular complexity index is 1370. The number of hydrogen-bond donors (Lipinski definition) is 1. The highest BCUT2D eigenvalue weighted by molar-refractivity contribution is 7.89. The van der Waals surface area contributed by atoms with Gasteiger partial charge in [0.25, 0.3) is 5.91 Å². The van der Waals surface area contributed by atoms with Gasteiger partial charge in [0.2, 0.25) is 10.0 Å². The van der Waals surface area contributed by atoms with Crippen LogP contribution in [-0.2, 0) is 10.0 Å². The molecule has 0 aliphatic rings. The van der Waals surface area contributed by atoms with Crippen molar-refractivity contribution in [2.75, 3.05) is 12.4 Å². The maximum Gasteiger partial charge on any atom is 0.257 e. The molecule has 0 fully saturated rings. The number of carbonyl (C=O) groups is 1. The van der Waals surface area contributed by atoms with Crippen molar-refractivity contribution in [3.05, 3.63) is 77.7 Å². The lowest BCUT2D eigenvalue weighted by atomic mass is 10.0. The van der Waals surface area contributed by atoms with E-state index in [9.17, 15) is 13.2 Å². The van der Waals surface area contributed by atoms with E-state index < -0.39 is 10.0 Å². The molecule has 0 aliphatic carbocycles. The Labute approximate surface area is 191 Å². The van der Waals surface area contributed by atoms with E-state index in [0.29, 0.717) is 10.7 Å². The molecule has 0 bridgehead atoms. The molecule has 0 saturated heterocycles. The first kappa shape index (κ1) is 22.1. The van der Waals surface area contributed by atoms with Gasteiger partial charge < -0.3 is 0 Å². The summed E-state index contributed by atoms with van der Waals surface area (Å²) >= 11 is 1.34. The topological polar surface area (TPSA) is 79.4 Å². The number of thiazole rings is 1. The molecule has 8 heteroatoms. The van der Waals surface area contributed by atoms with Crippen LogP contribution in [0.2, 0.25) is 0 Å². The fourth-order valence-electron chi connectivity index (χ4n) is 3.30. The molecular weight excluding hydrogens is 442 g/mol. The Morgan fingerprint density at radius 1 is 1.00 bits per heavy atom. The van der Waals surface area contributed by atoms with Gasteiger partial charge in [-0.15, -0.1) is 11.3 Å². The third-order valence-electron chi connectivity index (χ3n) is 5.31. The second kappa shape index (κ2) is 8.82. The number of amides is 1. The van der Waals surface area contributed by atoms with Crippen molar-refractivity contribution in [3.63, 3.8) is 0 Å². The lowest BCUT2D eigenvalue weighted by molar-refractivity contribution is 0.102. The van der Waals surface area contributed by atoms with Gasteiger partial charge >= 0.3 is 0 Å². The molecule has 0 aliphatic heterocycles. The van der Waals surface area contributed by atoms with Gasteiger partial charge in [0, 0.05) is 29.6 Å². The number of nitrogens with zero attached hydrogens (tertiary/aromatic N) is 2. The predicted molar refractivity (Wildman–Crippen MR) is 130 cm³/mol. The molecule has 1 amide bonds. The molecule has 1 N–H and O–H groups in total. The highest BCUT2D eigenvalue weighted by atomic mass is 32.2. The van der Waals surface area contributed by atoms with Gasteiger partial charge in [-0.1, -0.05) is 42.5 Å². The summed E-state index contributed by atoms with van der Waals surface area (Å²) < 4.78 is 26.5. The molecule has 164 valence electrons. The SMILES string of the molecule is CC(C)N(C)S(=O)(=O)c1ccc(C(=O)Nc2nc(-c3cccc4ccccc34)cs2)cc1. The van der Waals surface area contributed by atoms with Crippen molar-refractivity contribution in [2.45, 2.75) is 24.8 Å². The summed E-state index contributed by atoms with van der Waals surface area (Å²) in [5, 5.41) is 7.42. The molecule has 0 spiro atoms. The number of sulfonamides is 1. The van der Waals surface area contributed by atoms with Crippen LogP contribution in [0, 0.1) is 0 Å². The highest BCUT2D eigenvalue weighted by Gasteiger charge is 2.23. The number of fused-ring (bicyclic) bond motifs is 1.